The normalized spacial score (nSPS) is 23.1. The number of imide groups is 1. The summed E-state index contributed by atoms with van der Waals surface area (Å²) in [7, 11) is 0. The van der Waals surface area contributed by atoms with E-state index in [9.17, 15) is 14.4 Å². The van der Waals surface area contributed by atoms with Gasteiger partial charge in [0.1, 0.15) is 12.1 Å². The van der Waals surface area contributed by atoms with Crippen LogP contribution in [0, 0.1) is 6.92 Å². The fourth-order valence-electron chi connectivity index (χ4n) is 5.28. The number of benzene rings is 2. The van der Waals surface area contributed by atoms with E-state index in [4.69, 9.17) is 4.74 Å². The van der Waals surface area contributed by atoms with Crippen LogP contribution >= 0.6 is 0 Å². The van der Waals surface area contributed by atoms with Crippen molar-refractivity contribution in [3.8, 4) is 0 Å². The van der Waals surface area contributed by atoms with E-state index in [0.717, 1.165) is 41.1 Å². The smallest absolute Gasteiger partial charge is 0.325 e. The van der Waals surface area contributed by atoms with E-state index in [1.807, 2.05) is 31.2 Å². The van der Waals surface area contributed by atoms with Gasteiger partial charge in [-0.3, -0.25) is 19.4 Å². The molecule has 2 aromatic carbocycles. The first-order chi connectivity index (χ1) is 16.5. The Morgan fingerprint density at radius 3 is 2.62 bits per heavy atom. The second kappa shape index (κ2) is 9.19. The van der Waals surface area contributed by atoms with E-state index in [-0.39, 0.29) is 24.4 Å². The molecule has 178 valence electrons. The highest BCUT2D eigenvalue weighted by molar-refractivity contribution is 6.09. The number of nitrogens with one attached hydrogen (secondary N) is 2. The van der Waals surface area contributed by atoms with Gasteiger partial charge in [-0.25, -0.2) is 4.79 Å². The third kappa shape index (κ3) is 4.08. The summed E-state index contributed by atoms with van der Waals surface area (Å²) in [5.74, 6) is -0.696. The molecule has 2 aliphatic heterocycles. The Labute approximate surface area is 199 Å². The van der Waals surface area contributed by atoms with Gasteiger partial charge in [0, 0.05) is 19.6 Å². The fraction of sp³-hybridized carbons (Fsp3) is 0.423. The van der Waals surface area contributed by atoms with E-state index >= 15 is 0 Å². The average Bonchev–Trinajstić information content (AvgIpc) is 3.34. The van der Waals surface area contributed by atoms with Gasteiger partial charge >= 0.3 is 6.03 Å². The Balaban J connectivity index is 1.26. The van der Waals surface area contributed by atoms with E-state index in [1.165, 1.54) is 5.56 Å². The topological polar surface area (TPSA) is 91.0 Å². The molecule has 34 heavy (non-hydrogen) atoms. The van der Waals surface area contributed by atoms with Gasteiger partial charge in [-0.15, -0.1) is 0 Å². The minimum Gasteiger partial charge on any atom is -0.379 e. The highest BCUT2D eigenvalue weighted by Gasteiger charge is 2.55. The van der Waals surface area contributed by atoms with Crippen molar-refractivity contribution in [2.45, 2.75) is 31.3 Å². The molecular weight excluding hydrogens is 432 g/mol. The number of ether oxygens (including phenoxy) is 1. The summed E-state index contributed by atoms with van der Waals surface area (Å²) in [6, 6.07) is 15.5. The molecular formula is C26H30N4O4. The van der Waals surface area contributed by atoms with Crippen LogP contribution in [0.25, 0.3) is 0 Å². The fourth-order valence-corrected chi connectivity index (χ4v) is 5.28. The number of nitrogens with zero attached hydrogens (tertiary/aromatic N) is 2. The minimum absolute atomic E-state index is 0.00962. The van der Waals surface area contributed by atoms with E-state index in [0.29, 0.717) is 26.2 Å². The SMILES string of the molecule is Cc1ccc(C(CNC(=O)CN2C(=O)NC3(CCc4ccccc43)C2=O)N2CCOCC2)cc1. The van der Waals surface area contributed by atoms with E-state index in [1.54, 1.807) is 0 Å². The van der Waals surface area contributed by atoms with Gasteiger partial charge in [-0.1, -0.05) is 54.1 Å². The summed E-state index contributed by atoms with van der Waals surface area (Å²) >= 11 is 0. The second-order valence-electron chi connectivity index (χ2n) is 9.26. The van der Waals surface area contributed by atoms with Crippen LogP contribution in [0.3, 0.4) is 0 Å². The number of carbonyl (C=O) groups is 3. The molecule has 1 aliphatic carbocycles. The number of carbonyl (C=O) groups excluding carboxylic acids is 3. The third-order valence-corrected chi connectivity index (χ3v) is 7.17. The Bertz CT molecular complexity index is 1100. The summed E-state index contributed by atoms with van der Waals surface area (Å²) in [6.07, 6.45) is 1.24. The van der Waals surface area contributed by atoms with Crippen molar-refractivity contribution < 1.29 is 19.1 Å². The van der Waals surface area contributed by atoms with Crippen molar-refractivity contribution in [2.75, 3.05) is 39.4 Å². The van der Waals surface area contributed by atoms with Gasteiger partial charge in [-0.05, 0) is 36.5 Å². The molecule has 2 heterocycles. The summed E-state index contributed by atoms with van der Waals surface area (Å²) < 4.78 is 5.50. The maximum Gasteiger partial charge on any atom is 0.325 e. The van der Waals surface area contributed by atoms with Gasteiger partial charge in [0.25, 0.3) is 5.91 Å². The Hall–Kier alpha value is -3.23. The first-order valence-corrected chi connectivity index (χ1v) is 11.9. The molecule has 0 aromatic heterocycles. The van der Waals surface area contributed by atoms with Gasteiger partial charge in [0.2, 0.25) is 5.91 Å². The summed E-state index contributed by atoms with van der Waals surface area (Å²) in [6.45, 7) is 5.01. The highest BCUT2D eigenvalue weighted by atomic mass is 16.5. The molecule has 8 heteroatoms. The molecule has 3 aliphatic rings. The van der Waals surface area contributed by atoms with Gasteiger partial charge in [0.15, 0.2) is 0 Å². The number of fused-ring (bicyclic) bond motifs is 2. The first kappa shape index (κ1) is 22.6. The van der Waals surface area contributed by atoms with Crippen molar-refractivity contribution in [3.05, 3.63) is 70.8 Å². The number of urea groups is 1. The lowest BCUT2D eigenvalue weighted by Gasteiger charge is -2.35. The Morgan fingerprint density at radius 1 is 1.12 bits per heavy atom. The molecule has 0 radical (unpaired) electrons. The zero-order valence-corrected chi connectivity index (χ0v) is 19.4. The summed E-state index contributed by atoms with van der Waals surface area (Å²) in [5.41, 5.74) is 3.14. The quantitative estimate of drug-likeness (QED) is 0.640. The molecule has 8 nitrogen and oxygen atoms in total. The zero-order valence-electron chi connectivity index (χ0n) is 19.4. The molecule has 4 amide bonds. The average molecular weight is 463 g/mol. The number of amides is 4. The zero-order chi connectivity index (χ0) is 23.7. The molecule has 2 saturated heterocycles. The maximum absolute atomic E-state index is 13.3. The van der Waals surface area contributed by atoms with Crippen LogP contribution < -0.4 is 10.6 Å². The lowest BCUT2D eigenvalue weighted by atomic mass is 9.92. The number of rotatable bonds is 6. The van der Waals surface area contributed by atoms with Crippen LogP contribution in [-0.2, 0) is 26.3 Å². The van der Waals surface area contributed by atoms with Crippen LogP contribution in [0.5, 0.6) is 0 Å². The molecule has 0 saturated carbocycles. The van der Waals surface area contributed by atoms with Crippen LogP contribution in [0.2, 0.25) is 0 Å². The third-order valence-electron chi connectivity index (χ3n) is 7.17. The highest BCUT2D eigenvalue weighted by Crippen LogP contribution is 2.41. The summed E-state index contributed by atoms with van der Waals surface area (Å²) in [4.78, 5) is 42.3. The molecule has 0 bridgehead atoms. The Morgan fingerprint density at radius 2 is 1.85 bits per heavy atom. The number of hydrogen-bond acceptors (Lipinski definition) is 5. The van der Waals surface area contributed by atoms with Crippen molar-refractivity contribution in [1.29, 1.82) is 0 Å². The van der Waals surface area contributed by atoms with E-state index < -0.39 is 11.6 Å². The predicted octanol–water partition coefficient (Wildman–Crippen LogP) is 1.88. The van der Waals surface area contributed by atoms with Crippen LogP contribution in [0.1, 0.15) is 34.7 Å². The standard InChI is InChI=1S/C26H30N4O4/c1-18-6-8-20(9-7-18)22(29-12-14-34-15-13-29)16-27-23(31)17-30-24(32)26(28-25(30)33)11-10-19-4-2-3-5-21(19)26/h2-9,22H,10-17H2,1H3,(H,27,31)(H,28,33). The number of morpholine rings is 1. The van der Waals surface area contributed by atoms with Crippen LogP contribution in [0.4, 0.5) is 4.79 Å². The van der Waals surface area contributed by atoms with Crippen LogP contribution in [-0.4, -0.2) is 67.0 Å². The molecule has 2 unspecified atom stereocenters. The largest absolute Gasteiger partial charge is 0.379 e. The lowest BCUT2D eigenvalue weighted by Crippen LogP contribution is -2.47. The molecule has 2 fully saturated rings. The van der Waals surface area contributed by atoms with Crippen molar-refractivity contribution in [1.82, 2.24) is 20.4 Å². The van der Waals surface area contributed by atoms with Crippen LogP contribution in [0.15, 0.2) is 48.5 Å². The van der Waals surface area contributed by atoms with Gasteiger partial charge < -0.3 is 15.4 Å². The monoisotopic (exact) mass is 462 g/mol. The molecule has 1 spiro atoms. The molecule has 2 N–H and O–H groups in total. The molecule has 2 atom stereocenters. The lowest BCUT2D eigenvalue weighted by molar-refractivity contribution is -0.135. The molecule has 2 aromatic rings. The van der Waals surface area contributed by atoms with Crippen molar-refractivity contribution in [3.63, 3.8) is 0 Å². The van der Waals surface area contributed by atoms with Crippen molar-refractivity contribution >= 4 is 17.8 Å². The maximum atomic E-state index is 13.3. The van der Waals surface area contributed by atoms with Crippen molar-refractivity contribution in [2.24, 2.45) is 0 Å². The van der Waals surface area contributed by atoms with Gasteiger partial charge in [0.05, 0.1) is 19.3 Å². The summed E-state index contributed by atoms with van der Waals surface area (Å²) in [5, 5.41) is 5.84. The number of hydrogen-bond donors (Lipinski definition) is 2. The second-order valence-corrected chi connectivity index (χ2v) is 9.26. The minimum atomic E-state index is -1.05. The molecule has 5 rings (SSSR count). The van der Waals surface area contributed by atoms with E-state index in [2.05, 4.69) is 39.8 Å². The Kier molecular flexibility index (Phi) is 6.10. The van der Waals surface area contributed by atoms with Gasteiger partial charge in [-0.2, -0.15) is 0 Å². The number of aryl methyl sites for hydroxylation is 2. The predicted molar refractivity (Wildman–Crippen MR) is 126 cm³/mol. The first-order valence-electron chi connectivity index (χ1n) is 11.9.